The van der Waals surface area contributed by atoms with Gasteiger partial charge in [-0.15, -0.1) is 54.1 Å². The van der Waals surface area contributed by atoms with Crippen LogP contribution in [-0.2, 0) is 20.1 Å². The monoisotopic (exact) mass is 934 g/mol. The summed E-state index contributed by atoms with van der Waals surface area (Å²) in [5, 5.41) is 8.46. The van der Waals surface area contributed by atoms with Crippen molar-refractivity contribution in [3.05, 3.63) is 170 Å². The molecule has 0 N–H and O–H groups in total. The molecule has 4 nitrogen and oxygen atoms in total. The molecule has 0 aliphatic carbocycles. The third-order valence-electron chi connectivity index (χ3n) is 10.3. The second-order valence-corrected chi connectivity index (χ2v) is 21.0. The first kappa shape index (κ1) is 36.0. The standard InChI is InChI=1S/C35H19N2OS.C14H16NSi.Ir/c1-2-10-22-20-30-28(19-21(22)9-1)36-35(27-15-7-14-26-24-12-4-6-18-32(24)39-34(26)27)37(30)29-16-8-13-25-23-11-3-5-17-31(23)38-33(25)29;1-16(2,3)13-9-10-14(15-11-13)12-7-5-4-6-8-12;/h1-14,16-20H;4-7,9-11H,1-3H3;/q2*-1;. The summed E-state index contributed by atoms with van der Waals surface area (Å²) in [6, 6.07) is 59.3. The minimum Gasteiger partial charge on any atom is -0.454 e. The Labute approximate surface area is 343 Å². The molecule has 7 aromatic carbocycles. The normalized spacial score (nSPS) is 11.7. The van der Waals surface area contributed by atoms with E-state index in [9.17, 15) is 0 Å². The van der Waals surface area contributed by atoms with Gasteiger partial charge in [-0.3, -0.25) is 4.98 Å². The maximum Gasteiger partial charge on any atom is 0.158 e. The van der Waals surface area contributed by atoms with Crippen LogP contribution in [0.4, 0.5) is 0 Å². The van der Waals surface area contributed by atoms with Crippen LogP contribution in [0.25, 0.3) is 92.2 Å². The molecule has 273 valence electrons. The predicted molar refractivity (Wildman–Crippen MR) is 235 cm³/mol. The molecule has 7 heteroatoms. The van der Waals surface area contributed by atoms with Gasteiger partial charge in [0.2, 0.25) is 0 Å². The Kier molecular flexibility index (Phi) is 9.27. The summed E-state index contributed by atoms with van der Waals surface area (Å²) in [6.45, 7) is 7.00. The number of nitrogens with zero attached hydrogens (tertiary/aromatic N) is 3. The molecule has 56 heavy (non-hydrogen) atoms. The predicted octanol–water partition coefficient (Wildman–Crippen LogP) is 13.0. The number of imidazole rings is 1. The van der Waals surface area contributed by atoms with Crippen LogP contribution in [0.3, 0.4) is 0 Å². The van der Waals surface area contributed by atoms with E-state index >= 15 is 0 Å². The van der Waals surface area contributed by atoms with Crippen LogP contribution in [0.5, 0.6) is 0 Å². The van der Waals surface area contributed by atoms with Crippen molar-refractivity contribution in [2.24, 2.45) is 0 Å². The average Bonchev–Trinajstić information content (AvgIpc) is 3.91. The van der Waals surface area contributed by atoms with E-state index < -0.39 is 8.07 Å². The van der Waals surface area contributed by atoms with Crippen molar-refractivity contribution in [3.63, 3.8) is 0 Å². The zero-order valence-electron chi connectivity index (χ0n) is 31.0. The Morgan fingerprint density at radius 2 is 1.41 bits per heavy atom. The van der Waals surface area contributed by atoms with Gasteiger partial charge in [-0.2, -0.15) is 11.3 Å². The summed E-state index contributed by atoms with van der Waals surface area (Å²) in [5.74, 6) is 0.866. The Morgan fingerprint density at radius 3 is 2.20 bits per heavy atom. The third-order valence-corrected chi connectivity index (χ3v) is 13.6. The van der Waals surface area contributed by atoms with Gasteiger partial charge in [0.05, 0.1) is 30.6 Å². The number of rotatable bonds is 4. The van der Waals surface area contributed by atoms with Crippen molar-refractivity contribution >= 4 is 88.5 Å². The fraction of sp³-hybridized carbons (Fsp3) is 0.0612. The molecule has 0 saturated carbocycles. The quantitative estimate of drug-likeness (QED) is 0.130. The van der Waals surface area contributed by atoms with Gasteiger partial charge in [-0.25, -0.2) is 0 Å². The minimum atomic E-state index is -1.23. The molecule has 0 spiro atoms. The molecular formula is C49H35IrN3OSSi-2. The summed E-state index contributed by atoms with van der Waals surface area (Å²) in [4.78, 5) is 9.81. The Balaban J connectivity index is 0.000000204. The third kappa shape index (κ3) is 6.27. The number of thiophene rings is 1. The molecule has 0 fully saturated rings. The van der Waals surface area contributed by atoms with E-state index in [1.165, 1.54) is 36.1 Å². The SMILES string of the molecule is C[Si](C)(C)c1ccc(-c2[c-]cccc2)nc1.[Ir].[c-]1ccc2c(sc3ccccc32)c1-c1nc2cc3ccccc3cc2n1-c1cccc2c1oc1ccccc12. The van der Waals surface area contributed by atoms with Crippen molar-refractivity contribution in [1.82, 2.24) is 14.5 Å². The molecule has 0 amide bonds. The summed E-state index contributed by atoms with van der Waals surface area (Å²) in [7, 11) is -1.23. The Bertz CT molecular complexity index is 3200. The first-order chi connectivity index (χ1) is 26.9. The second kappa shape index (κ2) is 14.4. The fourth-order valence-electron chi connectivity index (χ4n) is 7.49. The summed E-state index contributed by atoms with van der Waals surface area (Å²) in [6.07, 6.45) is 2.02. The zero-order chi connectivity index (χ0) is 37.1. The average molecular weight is 934 g/mol. The number of hydrogen-bond acceptors (Lipinski definition) is 4. The molecule has 0 aliphatic heterocycles. The Hall–Kier alpha value is -5.69. The topological polar surface area (TPSA) is 43.9 Å². The van der Waals surface area contributed by atoms with Crippen LogP contribution < -0.4 is 5.19 Å². The van der Waals surface area contributed by atoms with E-state index in [0.717, 1.165) is 61.3 Å². The van der Waals surface area contributed by atoms with E-state index in [1.807, 2.05) is 48.7 Å². The van der Waals surface area contributed by atoms with E-state index in [-0.39, 0.29) is 20.1 Å². The van der Waals surface area contributed by atoms with E-state index in [1.54, 1.807) is 11.3 Å². The molecule has 0 unspecified atom stereocenters. The van der Waals surface area contributed by atoms with Crippen LogP contribution in [-0.4, -0.2) is 22.6 Å². The van der Waals surface area contributed by atoms with Crippen LogP contribution in [0.15, 0.2) is 162 Å². The van der Waals surface area contributed by atoms with Crippen molar-refractivity contribution in [2.75, 3.05) is 0 Å². The molecule has 11 rings (SSSR count). The number of furan rings is 1. The molecule has 11 aromatic rings. The van der Waals surface area contributed by atoms with E-state index in [2.05, 4.69) is 151 Å². The number of pyridine rings is 1. The number of benzene rings is 7. The van der Waals surface area contributed by atoms with Gasteiger partial charge in [0.15, 0.2) is 5.58 Å². The van der Waals surface area contributed by atoms with Gasteiger partial charge < -0.3 is 14.0 Å². The van der Waals surface area contributed by atoms with Crippen LogP contribution >= 0.6 is 11.3 Å². The van der Waals surface area contributed by atoms with E-state index in [4.69, 9.17) is 9.40 Å². The first-order valence-corrected chi connectivity index (χ1v) is 22.8. The Morgan fingerprint density at radius 1 is 0.661 bits per heavy atom. The molecule has 1 radical (unpaired) electrons. The number of aromatic nitrogens is 3. The molecule has 4 aromatic heterocycles. The molecule has 0 saturated heterocycles. The molecule has 4 heterocycles. The zero-order valence-corrected chi connectivity index (χ0v) is 35.2. The van der Waals surface area contributed by atoms with E-state index in [0.29, 0.717) is 0 Å². The minimum absolute atomic E-state index is 0. The smallest absolute Gasteiger partial charge is 0.158 e. The van der Waals surface area contributed by atoms with Gasteiger partial charge in [-0.05, 0) is 62.1 Å². The van der Waals surface area contributed by atoms with Crippen LogP contribution in [0.1, 0.15) is 0 Å². The van der Waals surface area contributed by atoms with Gasteiger partial charge in [0.25, 0.3) is 0 Å². The van der Waals surface area contributed by atoms with Crippen molar-refractivity contribution in [3.8, 4) is 28.3 Å². The number of hydrogen-bond donors (Lipinski definition) is 0. The fourth-order valence-corrected chi connectivity index (χ4v) is 9.72. The van der Waals surface area contributed by atoms with Crippen LogP contribution in [0.2, 0.25) is 19.6 Å². The molecule has 0 bridgehead atoms. The molecule has 0 atom stereocenters. The molecular weight excluding hydrogens is 899 g/mol. The van der Waals surface area contributed by atoms with Gasteiger partial charge >= 0.3 is 0 Å². The van der Waals surface area contributed by atoms with Crippen molar-refractivity contribution in [1.29, 1.82) is 0 Å². The maximum absolute atomic E-state index is 6.51. The number of fused-ring (bicyclic) bond motifs is 8. The summed E-state index contributed by atoms with van der Waals surface area (Å²) in [5.41, 5.74) is 7.77. The van der Waals surface area contributed by atoms with Crippen molar-refractivity contribution < 1.29 is 24.5 Å². The van der Waals surface area contributed by atoms with Gasteiger partial charge in [0.1, 0.15) is 5.58 Å². The van der Waals surface area contributed by atoms with Gasteiger partial charge in [0, 0.05) is 41.8 Å². The molecule has 0 aliphatic rings. The first-order valence-electron chi connectivity index (χ1n) is 18.5. The van der Waals surface area contributed by atoms with Gasteiger partial charge in [-0.1, -0.05) is 116 Å². The maximum atomic E-state index is 6.51. The summed E-state index contributed by atoms with van der Waals surface area (Å²) >= 11 is 1.80. The largest absolute Gasteiger partial charge is 0.454 e. The van der Waals surface area contributed by atoms with Crippen LogP contribution in [0, 0.1) is 12.1 Å². The van der Waals surface area contributed by atoms with Crippen molar-refractivity contribution in [2.45, 2.75) is 19.6 Å². The number of para-hydroxylation sites is 2. The second-order valence-electron chi connectivity index (χ2n) is 14.9. The summed E-state index contributed by atoms with van der Waals surface area (Å²) < 4.78 is 11.2.